The highest BCUT2D eigenvalue weighted by Gasteiger charge is 2.32. The molecule has 116 valence electrons. The van der Waals surface area contributed by atoms with E-state index in [2.05, 4.69) is 4.98 Å². The molecule has 0 aliphatic heterocycles. The number of carboxylic acids is 2. The van der Waals surface area contributed by atoms with E-state index in [1.807, 2.05) is 6.07 Å². The molecule has 6 heteroatoms. The Morgan fingerprint density at radius 3 is 2.18 bits per heavy atom. The van der Waals surface area contributed by atoms with Crippen molar-refractivity contribution in [3.05, 3.63) is 47.3 Å². The minimum Gasteiger partial charge on any atom is -0.481 e. The van der Waals surface area contributed by atoms with Crippen molar-refractivity contribution in [2.24, 2.45) is 0 Å². The largest absolute Gasteiger partial charge is 0.481 e. The molecule has 0 fully saturated rings. The van der Waals surface area contributed by atoms with Gasteiger partial charge in [0, 0.05) is 11.3 Å². The molecule has 0 saturated carbocycles. The lowest BCUT2D eigenvalue weighted by atomic mass is 9.93. The van der Waals surface area contributed by atoms with E-state index in [0.717, 1.165) is 0 Å². The number of benzene rings is 1. The summed E-state index contributed by atoms with van der Waals surface area (Å²) in [5, 5.41) is 28.4. The lowest BCUT2D eigenvalue weighted by Gasteiger charge is -2.15. The molecule has 1 aromatic heterocycles. The fourth-order valence-corrected chi connectivity index (χ4v) is 2.62. The quantitative estimate of drug-likeness (QED) is 0.677. The number of H-pyrrole nitrogens is 1. The third kappa shape index (κ3) is 2.73. The van der Waals surface area contributed by atoms with Crippen LogP contribution in [0, 0.1) is 6.92 Å². The Morgan fingerprint density at radius 2 is 1.73 bits per heavy atom. The van der Waals surface area contributed by atoms with Gasteiger partial charge in [-0.15, -0.1) is 0 Å². The van der Waals surface area contributed by atoms with Gasteiger partial charge in [-0.2, -0.15) is 0 Å². The summed E-state index contributed by atoms with van der Waals surface area (Å²) in [5.74, 6) is -3.60. The monoisotopic (exact) mass is 303 g/mol. The van der Waals surface area contributed by atoms with Crippen molar-refractivity contribution >= 4 is 11.9 Å². The lowest BCUT2D eigenvalue weighted by Crippen LogP contribution is -2.24. The molecule has 0 aliphatic carbocycles. The topological polar surface area (TPSA) is 111 Å². The summed E-state index contributed by atoms with van der Waals surface area (Å²) < 4.78 is 0. The Balaban J connectivity index is 2.70. The SMILES string of the molecule is Cc1c(C(C(=O)O)C(C)O)[nH]c(C(=O)O)c1-c1ccccc1. The van der Waals surface area contributed by atoms with Gasteiger partial charge in [-0.05, 0) is 25.0 Å². The van der Waals surface area contributed by atoms with Crippen molar-refractivity contribution in [2.75, 3.05) is 0 Å². The maximum Gasteiger partial charge on any atom is 0.352 e. The first kappa shape index (κ1) is 15.8. The van der Waals surface area contributed by atoms with Crippen LogP contribution in [-0.2, 0) is 4.79 Å². The smallest absolute Gasteiger partial charge is 0.352 e. The van der Waals surface area contributed by atoms with Gasteiger partial charge in [0.05, 0.1) is 6.10 Å². The third-order valence-corrected chi connectivity index (χ3v) is 3.62. The predicted molar refractivity (Wildman–Crippen MR) is 80.0 cm³/mol. The number of aliphatic hydroxyl groups excluding tert-OH is 1. The molecule has 0 aliphatic rings. The summed E-state index contributed by atoms with van der Waals surface area (Å²) in [5.41, 5.74) is 1.76. The number of aromatic nitrogens is 1. The molecule has 0 bridgehead atoms. The van der Waals surface area contributed by atoms with E-state index < -0.39 is 24.0 Å². The molecule has 6 nitrogen and oxygen atoms in total. The molecular weight excluding hydrogens is 286 g/mol. The van der Waals surface area contributed by atoms with Crippen molar-refractivity contribution in [3.8, 4) is 11.1 Å². The van der Waals surface area contributed by atoms with E-state index in [9.17, 15) is 24.9 Å². The van der Waals surface area contributed by atoms with Gasteiger partial charge in [0.25, 0.3) is 0 Å². The van der Waals surface area contributed by atoms with E-state index in [4.69, 9.17) is 0 Å². The first-order chi connectivity index (χ1) is 10.3. The van der Waals surface area contributed by atoms with E-state index >= 15 is 0 Å². The summed E-state index contributed by atoms with van der Waals surface area (Å²) in [6.07, 6.45) is -1.15. The number of hydrogen-bond donors (Lipinski definition) is 4. The average Bonchev–Trinajstić information content (AvgIpc) is 2.77. The van der Waals surface area contributed by atoms with Gasteiger partial charge in [0.2, 0.25) is 0 Å². The van der Waals surface area contributed by atoms with E-state index in [1.54, 1.807) is 31.2 Å². The van der Waals surface area contributed by atoms with Gasteiger partial charge in [0.15, 0.2) is 0 Å². The van der Waals surface area contributed by atoms with Crippen LogP contribution in [0.15, 0.2) is 30.3 Å². The standard InChI is InChI=1S/C16H17NO5/c1-8-11(10-6-4-3-5-7-10)14(16(21)22)17-13(8)12(9(2)18)15(19)20/h3-7,9,12,17-18H,1-2H3,(H,19,20)(H,21,22). The van der Waals surface area contributed by atoms with Crippen LogP contribution in [0.3, 0.4) is 0 Å². The highest BCUT2D eigenvalue weighted by Crippen LogP contribution is 2.34. The fraction of sp³-hybridized carbons (Fsp3) is 0.250. The number of aromatic carboxylic acids is 1. The number of hydrogen-bond acceptors (Lipinski definition) is 3. The molecule has 2 atom stereocenters. The maximum absolute atomic E-state index is 11.5. The van der Waals surface area contributed by atoms with Gasteiger partial charge >= 0.3 is 11.9 Å². The van der Waals surface area contributed by atoms with Crippen LogP contribution in [0.1, 0.15) is 34.6 Å². The first-order valence-electron chi connectivity index (χ1n) is 6.76. The number of aliphatic carboxylic acids is 1. The molecule has 4 N–H and O–H groups in total. The number of aromatic amines is 1. The molecule has 2 aromatic rings. The van der Waals surface area contributed by atoms with Crippen LogP contribution >= 0.6 is 0 Å². The molecular formula is C16H17NO5. The van der Waals surface area contributed by atoms with Crippen LogP contribution in [0.5, 0.6) is 0 Å². The normalized spacial score (nSPS) is 13.6. The summed E-state index contributed by atoms with van der Waals surface area (Å²) >= 11 is 0. The van der Waals surface area contributed by atoms with Crippen LogP contribution < -0.4 is 0 Å². The Bertz CT molecular complexity index is 703. The second-order valence-electron chi connectivity index (χ2n) is 5.14. The summed E-state index contributed by atoms with van der Waals surface area (Å²) in [7, 11) is 0. The van der Waals surface area contributed by atoms with Gasteiger partial charge in [-0.3, -0.25) is 4.79 Å². The van der Waals surface area contributed by atoms with E-state index in [1.165, 1.54) is 6.92 Å². The van der Waals surface area contributed by atoms with Gasteiger partial charge in [-0.1, -0.05) is 30.3 Å². The zero-order valence-corrected chi connectivity index (χ0v) is 12.2. The zero-order valence-electron chi connectivity index (χ0n) is 12.2. The van der Waals surface area contributed by atoms with Crippen LogP contribution in [0.2, 0.25) is 0 Å². The van der Waals surface area contributed by atoms with Crippen molar-refractivity contribution in [1.29, 1.82) is 0 Å². The number of nitrogens with one attached hydrogen (secondary N) is 1. The predicted octanol–water partition coefficient (Wildman–Crippen LogP) is 2.24. The number of rotatable bonds is 5. The molecule has 1 heterocycles. The minimum atomic E-state index is -1.21. The second-order valence-corrected chi connectivity index (χ2v) is 5.14. The first-order valence-corrected chi connectivity index (χ1v) is 6.76. The Hall–Kier alpha value is -2.60. The molecule has 2 unspecified atom stereocenters. The molecule has 22 heavy (non-hydrogen) atoms. The summed E-state index contributed by atoms with van der Waals surface area (Å²) in [4.78, 5) is 25.5. The Labute approximate surface area is 127 Å². The molecule has 0 saturated heterocycles. The molecule has 1 aromatic carbocycles. The number of carboxylic acid groups (broad SMARTS) is 2. The van der Waals surface area contributed by atoms with E-state index in [0.29, 0.717) is 16.7 Å². The van der Waals surface area contributed by atoms with Crippen molar-refractivity contribution < 1.29 is 24.9 Å². The third-order valence-electron chi connectivity index (χ3n) is 3.62. The second kappa shape index (κ2) is 6.03. The zero-order chi connectivity index (χ0) is 16.4. The average molecular weight is 303 g/mol. The Morgan fingerprint density at radius 1 is 1.14 bits per heavy atom. The summed E-state index contributed by atoms with van der Waals surface area (Å²) in [6, 6.07) is 8.87. The van der Waals surface area contributed by atoms with Crippen molar-refractivity contribution in [3.63, 3.8) is 0 Å². The number of carbonyl (C=O) groups is 2. The van der Waals surface area contributed by atoms with Gasteiger partial charge in [0.1, 0.15) is 11.6 Å². The van der Waals surface area contributed by atoms with E-state index in [-0.39, 0.29) is 11.4 Å². The van der Waals surface area contributed by atoms with Crippen molar-refractivity contribution in [1.82, 2.24) is 4.98 Å². The Kier molecular flexibility index (Phi) is 4.32. The summed E-state index contributed by atoms with van der Waals surface area (Å²) in [6.45, 7) is 3.01. The highest BCUT2D eigenvalue weighted by atomic mass is 16.4. The molecule has 2 rings (SSSR count). The number of aliphatic hydroxyl groups is 1. The lowest BCUT2D eigenvalue weighted by molar-refractivity contribution is -0.141. The van der Waals surface area contributed by atoms with Crippen molar-refractivity contribution in [2.45, 2.75) is 25.9 Å². The fourth-order valence-electron chi connectivity index (χ4n) is 2.62. The maximum atomic E-state index is 11.5. The van der Waals surface area contributed by atoms with Gasteiger partial charge in [-0.25, -0.2) is 4.79 Å². The van der Waals surface area contributed by atoms with Crippen LogP contribution in [0.25, 0.3) is 11.1 Å². The highest BCUT2D eigenvalue weighted by molar-refractivity contribution is 5.96. The van der Waals surface area contributed by atoms with Gasteiger partial charge < -0.3 is 20.3 Å². The molecule has 0 radical (unpaired) electrons. The molecule has 0 amide bonds. The van der Waals surface area contributed by atoms with Crippen LogP contribution in [-0.4, -0.2) is 38.3 Å². The minimum absolute atomic E-state index is 0.0781. The van der Waals surface area contributed by atoms with Crippen LogP contribution in [0.4, 0.5) is 0 Å². The molecule has 0 spiro atoms.